The molecule has 1 atom stereocenters. The minimum atomic E-state index is -0.205. The molecule has 0 saturated carbocycles. The van der Waals surface area contributed by atoms with Crippen LogP contribution in [-0.4, -0.2) is 31.3 Å². The van der Waals surface area contributed by atoms with E-state index < -0.39 is 0 Å². The van der Waals surface area contributed by atoms with Gasteiger partial charge in [-0.2, -0.15) is 0 Å². The molecule has 1 aliphatic rings. The predicted octanol–water partition coefficient (Wildman–Crippen LogP) is 3.22. The highest BCUT2D eigenvalue weighted by molar-refractivity contribution is 5.55. The Hall–Kier alpha value is -1.98. The number of aryl methyl sites for hydroxylation is 1. The van der Waals surface area contributed by atoms with Crippen molar-refractivity contribution in [3.63, 3.8) is 0 Å². The van der Waals surface area contributed by atoms with Gasteiger partial charge in [-0.1, -0.05) is 6.07 Å². The van der Waals surface area contributed by atoms with Crippen LogP contribution in [0.1, 0.15) is 29.8 Å². The van der Waals surface area contributed by atoms with Crippen LogP contribution in [0.15, 0.2) is 36.5 Å². The molecule has 0 radical (unpaired) electrons. The molecule has 0 aliphatic carbocycles. The van der Waals surface area contributed by atoms with Gasteiger partial charge in [-0.15, -0.1) is 0 Å². The van der Waals surface area contributed by atoms with E-state index in [9.17, 15) is 4.39 Å². The number of pyridine rings is 1. The van der Waals surface area contributed by atoms with E-state index in [1.165, 1.54) is 6.07 Å². The highest BCUT2D eigenvalue weighted by atomic mass is 19.1. The van der Waals surface area contributed by atoms with Crippen LogP contribution in [0.3, 0.4) is 0 Å². The summed E-state index contributed by atoms with van der Waals surface area (Å²) in [4.78, 5) is 6.67. The lowest BCUT2D eigenvalue weighted by Crippen LogP contribution is -2.37. The number of nitrogens with zero attached hydrogens (tertiary/aromatic N) is 2. The molecule has 1 aliphatic heterocycles. The monoisotopic (exact) mass is 329 g/mol. The second kappa shape index (κ2) is 7.73. The van der Waals surface area contributed by atoms with Crippen molar-refractivity contribution in [3.8, 4) is 0 Å². The number of rotatable bonds is 5. The number of halogens is 1. The second-order valence-electron chi connectivity index (χ2n) is 6.23. The fourth-order valence-electron chi connectivity index (χ4n) is 2.94. The third-order valence-corrected chi connectivity index (χ3v) is 4.37. The topological polar surface area (TPSA) is 37.4 Å². The number of nitrogens with one attached hydrogen (secondary N) is 1. The molecular formula is C19H24FN3O. The van der Waals surface area contributed by atoms with Crippen molar-refractivity contribution in [1.29, 1.82) is 0 Å². The number of morpholine rings is 1. The van der Waals surface area contributed by atoms with Gasteiger partial charge in [0.2, 0.25) is 0 Å². The van der Waals surface area contributed by atoms with Gasteiger partial charge in [-0.05, 0) is 49.2 Å². The molecule has 1 saturated heterocycles. The number of hydrogen-bond donors (Lipinski definition) is 1. The smallest absolute Gasteiger partial charge is 0.123 e. The number of ether oxygens (including phenoxy) is 1. The Balaban J connectivity index is 1.74. The fourth-order valence-corrected chi connectivity index (χ4v) is 2.94. The van der Waals surface area contributed by atoms with Crippen LogP contribution in [-0.2, 0) is 11.3 Å². The van der Waals surface area contributed by atoms with Crippen molar-refractivity contribution < 1.29 is 9.13 Å². The highest BCUT2D eigenvalue weighted by Crippen LogP contribution is 2.28. The van der Waals surface area contributed by atoms with Crippen LogP contribution < -0.4 is 10.2 Å². The molecule has 128 valence electrons. The molecule has 4 nitrogen and oxygen atoms in total. The summed E-state index contributed by atoms with van der Waals surface area (Å²) in [7, 11) is 0. The molecule has 1 aromatic heterocycles. The van der Waals surface area contributed by atoms with Crippen LogP contribution in [0.5, 0.6) is 0 Å². The van der Waals surface area contributed by atoms with Crippen molar-refractivity contribution in [2.45, 2.75) is 26.4 Å². The Labute approximate surface area is 142 Å². The fraction of sp³-hybridized carbons (Fsp3) is 0.421. The first-order chi connectivity index (χ1) is 11.6. The number of hydrogen-bond acceptors (Lipinski definition) is 4. The summed E-state index contributed by atoms with van der Waals surface area (Å²) in [6.45, 7) is 7.84. The zero-order valence-corrected chi connectivity index (χ0v) is 14.3. The molecule has 1 aromatic carbocycles. The van der Waals surface area contributed by atoms with E-state index in [1.54, 1.807) is 6.07 Å². The third kappa shape index (κ3) is 4.10. The summed E-state index contributed by atoms with van der Waals surface area (Å²) in [5, 5.41) is 3.45. The Bertz CT molecular complexity index is 669. The predicted molar refractivity (Wildman–Crippen MR) is 93.7 cm³/mol. The lowest BCUT2D eigenvalue weighted by molar-refractivity contribution is 0.122. The van der Waals surface area contributed by atoms with Crippen LogP contribution in [0.2, 0.25) is 0 Å². The van der Waals surface area contributed by atoms with Gasteiger partial charge in [-0.25, -0.2) is 4.39 Å². The lowest BCUT2D eigenvalue weighted by atomic mass is 10.0. The lowest BCUT2D eigenvalue weighted by Gasteiger charge is -2.32. The van der Waals surface area contributed by atoms with Gasteiger partial charge >= 0.3 is 0 Å². The Morgan fingerprint density at radius 2 is 2.04 bits per heavy atom. The summed E-state index contributed by atoms with van der Waals surface area (Å²) < 4.78 is 19.2. The molecule has 1 fully saturated rings. The van der Waals surface area contributed by atoms with E-state index in [4.69, 9.17) is 4.74 Å². The first-order valence-corrected chi connectivity index (χ1v) is 8.40. The largest absolute Gasteiger partial charge is 0.378 e. The number of benzene rings is 1. The van der Waals surface area contributed by atoms with Crippen molar-refractivity contribution in [3.05, 3.63) is 59.2 Å². The van der Waals surface area contributed by atoms with E-state index in [1.807, 2.05) is 25.3 Å². The maximum absolute atomic E-state index is 13.8. The van der Waals surface area contributed by atoms with Gasteiger partial charge in [0.1, 0.15) is 5.82 Å². The van der Waals surface area contributed by atoms with Gasteiger partial charge < -0.3 is 15.0 Å². The molecule has 2 aromatic rings. The summed E-state index contributed by atoms with van der Waals surface area (Å²) in [5.41, 5.74) is 4.18. The summed E-state index contributed by atoms with van der Waals surface area (Å²) in [6.07, 6.45) is 1.86. The minimum absolute atomic E-state index is 0.0293. The van der Waals surface area contributed by atoms with Gasteiger partial charge in [0.15, 0.2) is 0 Å². The highest BCUT2D eigenvalue weighted by Gasteiger charge is 2.18. The van der Waals surface area contributed by atoms with Crippen LogP contribution in [0.4, 0.5) is 10.1 Å². The zero-order valence-electron chi connectivity index (χ0n) is 14.3. The first-order valence-electron chi connectivity index (χ1n) is 8.40. The minimum Gasteiger partial charge on any atom is -0.378 e. The van der Waals surface area contributed by atoms with E-state index in [0.717, 1.165) is 35.6 Å². The molecule has 0 amide bonds. The Morgan fingerprint density at radius 1 is 1.25 bits per heavy atom. The Morgan fingerprint density at radius 3 is 2.75 bits per heavy atom. The molecular weight excluding hydrogens is 305 g/mol. The maximum Gasteiger partial charge on any atom is 0.123 e. The van der Waals surface area contributed by atoms with Crippen molar-refractivity contribution in [2.24, 2.45) is 0 Å². The van der Waals surface area contributed by atoms with Crippen molar-refractivity contribution >= 4 is 5.69 Å². The third-order valence-electron chi connectivity index (χ3n) is 4.37. The number of aromatic nitrogens is 1. The average Bonchev–Trinajstić information content (AvgIpc) is 2.61. The molecule has 2 heterocycles. The Kier molecular flexibility index (Phi) is 5.43. The van der Waals surface area contributed by atoms with E-state index in [0.29, 0.717) is 19.8 Å². The quantitative estimate of drug-likeness (QED) is 0.914. The SMILES string of the molecule is Cc1ccc(CN[C@H](C)c2cc(F)ccc2N2CCOCC2)nc1. The molecule has 0 unspecified atom stereocenters. The van der Waals surface area contributed by atoms with Gasteiger partial charge in [0.05, 0.1) is 18.9 Å². The number of anilines is 1. The first kappa shape index (κ1) is 16.9. The van der Waals surface area contributed by atoms with Gasteiger partial charge in [0.25, 0.3) is 0 Å². The van der Waals surface area contributed by atoms with Crippen molar-refractivity contribution in [2.75, 3.05) is 31.2 Å². The second-order valence-corrected chi connectivity index (χ2v) is 6.23. The molecule has 1 N–H and O–H groups in total. The van der Waals surface area contributed by atoms with Gasteiger partial charge in [0, 0.05) is 37.6 Å². The summed E-state index contributed by atoms with van der Waals surface area (Å²) in [5.74, 6) is -0.205. The van der Waals surface area contributed by atoms with E-state index in [-0.39, 0.29) is 11.9 Å². The van der Waals surface area contributed by atoms with Crippen LogP contribution in [0, 0.1) is 12.7 Å². The standard InChI is InChI=1S/C19H24FN3O/c1-14-3-5-17(22-12-14)13-21-15(2)18-11-16(20)4-6-19(18)23-7-9-24-10-8-23/h3-6,11-12,15,21H,7-10,13H2,1-2H3/t15-/m1/s1. The van der Waals surface area contributed by atoms with Crippen LogP contribution >= 0.6 is 0 Å². The van der Waals surface area contributed by atoms with Gasteiger partial charge in [-0.3, -0.25) is 4.98 Å². The maximum atomic E-state index is 13.8. The summed E-state index contributed by atoms with van der Waals surface area (Å²) in [6, 6.07) is 9.13. The molecule has 0 spiro atoms. The molecule has 0 bridgehead atoms. The zero-order chi connectivity index (χ0) is 16.9. The van der Waals surface area contributed by atoms with E-state index in [2.05, 4.69) is 28.2 Å². The normalized spacial score (nSPS) is 16.2. The van der Waals surface area contributed by atoms with Crippen molar-refractivity contribution in [1.82, 2.24) is 10.3 Å². The molecule has 24 heavy (non-hydrogen) atoms. The average molecular weight is 329 g/mol. The van der Waals surface area contributed by atoms with E-state index >= 15 is 0 Å². The molecule has 3 rings (SSSR count). The molecule has 5 heteroatoms. The van der Waals surface area contributed by atoms with Crippen LogP contribution in [0.25, 0.3) is 0 Å². The summed E-state index contributed by atoms with van der Waals surface area (Å²) >= 11 is 0.